The summed E-state index contributed by atoms with van der Waals surface area (Å²) < 4.78 is 205. The first kappa shape index (κ1) is 24.4. The third-order valence-electron chi connectivity index (χ3n) is 6.79. The standard InChI is InChI=1S/C30H25F10NO3/c1-14(2)24-22(31)7-8-23(43-4)25(24)21-6-5-18(28(32,33)34)11-17(21)13-41-15(3)26(44-27(41)42)16-9-19(29(35,36)37)12-20(10-16)30(38,39)40/h5-12,14-15,26H,13H2,1-4H3/t15-,26-/m0/s1/i3D3,4D3,14D. The second-order valence-electron chi connectivity index (χ2n) is 9.98. The van der Waals surface area contributed by atoms with E-state index in [-0.39, 0.29) is 23.1 Å². The third kappa shape index (κ3) is 6.43. The van der Waals surface area contributed by atoms with Crippen LogP contribution in [-0.2, 0) is 29.8 Å². The summed E-state index contributed by atoms with van der Waals surface area (Å²) in [5, 5.41) is 0. The van der Waals surface area contributed by atoms with Gasteiger partial charge in [-0.25, -0.2) is 9.18 Å². The van der Waals surface area contributed by atoms with Gasteiger partial charge in [0.25, 0.3) is 0 Å². The number of amides is 1. The molecule has 0 saturated carbocycles. The molecule has 0 N–H and O–H groups in total. The van der Waals surface area contributed by atoms with Crippen molar-refractivity contribution in [3.05, 3.63) is 87.7 Å². The van der Waals surface area contributed by atoms with Crippen molar-refractivity contribution in [2.75, 3.05) is 7.04 Å². The van der Waals surface area contributed by atoms with Gasteiger partial charge in [0.1, 0.15) is 17.7 Å². The predicted molar refractivity (Wildman–Crippen MR) is 138 cm³/mol. The number of carbonyl (C=O) groups excluding carboxylic acids is 1. The molecule has 238 valence electrons. The Bertz CT molecular complexity index is 1780. The van der Waals surface area contributed by atoms with Crippen LogP contribution in [0.2, 0.25) is 0 Å². The summed E-state index contributed by atoms with van der Waals surface area (Å²) in [5.41, 5.74) is -8.52. The Hall–Kier alpha value is -3.97. The highest BCUT2D eigenvalue weighted by Crippen LogP contribution is 2.45. The van der Waals surface area contributed by atoms with E-state index >= 15 is 4.39 Å². The number of benzene rings is 3. The van der Waals surface area contributed by atoms with Crippen molar-refractivity contribution in [2.45, 2.75) is 63.8 Å². The first-order chi connectivity index (χ1) is 22.9. The van der Waals surface area contributed by atoms with Gasteiger partial charge in [-0.2, -0.15) is 39.5 Å². The SMILES string of the molecule is [2H]C([2H])([2H])Oc1ccc(F)c(C([2H])(C)C)c1-c1ccc(C(F)(F)F)cc1CN1C(=O)O[C@H](c2cc(C(F)(F)F)cc(C(F)(F)F)c2)[C@@H]1C([2H])([2H])[2H]. The summed E-state index contributed by atoms with van der Waals surface area (Å²) in [5.74, 6) is -3.75. The van der Waals surface area contributed by atoms with Crippen LogP contribution in [0.1, 0.15) is 75.7 Å². The number of ether oxygens (including phenoxy) is 2. The number of alkyl halides is 9. The Labute approximate surface area is 255 Å². The highest BCUT2D eigenvalue weighted by Gasteiger charge is 2.44. The molecule has 14 heteroatoms. The summed E-state index contributed by atoms with van der Waals surface area (Å²) in [6, 6.07) is 0.760. The topological polar surface area (TPSA) is 38.8 Å². The highest BCUT2D eigenvalue weighted by atomic mass is 19.4. The lowest BCUT2D eigenvalue weighted by atomic mass is 9.88. The van der Waals surface area contributed by atoms with E-state index < -0.39 is 119 Å². The zero-order valence-corrected chi connectivity index (χ0v) is 22.4. The lowest BCUT2D eigenvalue weighted by Gasteiger charge is -2.25. The molecule has 0 bridgehead atoms. The third-order valence-corrected chi connectivity index (χ3v) is 6.79. The number of halogens is 10. The minimum atomic E-state index is -5.39. The lowest BCUT2D eigenvalue weighted by molar-refractivity contribution is -0.143. The molecule has 1 saturated heterocycles. The van der Waals surface area contributed by atoms with Gasteiger partial charge < -0.3 is 9.47 Å². The van der Waals surface area contributed by atoms with Crippen molar-refractivity contribution in [1.82, 2.24) is 4.90 Å². The lowest BCUT2D eigenvalue weighted by Crippen LogP contribution is -2.32. The zero-order chi connectivity index (χ0) is 38.9. The summed E-state index contributed by atoms with van der Waals surface area (Å²) in [4.78, 5) is 13.5. The molecule has 1 aliphatic heterocycles. The molecular weight excluding hydrogens is 612 g/mol. The molecule has 0 aromatic heterocycles. The fraction of sp³-hybridized carbons (Fsp3) is 0.367. The molecule has 0 spiro atoms. The molecule has 4 rings (SSSR count). The summed E-state index contributed by atoms with van der Waals surface area (Å²) >= 11 is 0. The van der Waals surface area contributed by atoms with Gasteiger partial charge in [0.2, 0.25) is 0 Å². The average molecular weight is 645 g/mol. The van der Waals surface area contributed by atoms with Crippen LogP contribution in [0.3, 0.4) is 0 Å². The van der Waals surface area contributed by atoms with Gasteiger partial charge in [-0.05, 0) is 71.9 Å². The molecule has 1 amide bonds. The predicted octanol–water partition coefficient (Wildman–Crippen LogP) is 9.76. The fourth-order valence-electron chi connectivity index (χ4n) is 4.80. The van der Waals surface area contributed by atoms with Gasteiger partial charge in [-0.15, -0.1) is 0 Å². The van der Waals surface area contributed by atoms with Crippen LogP contribution in [0, 0.1) is 5.82 Å². The molecular formula is C30H25F10NO3. The molecule has 2 atom stereocenters. The Kier molecular flexibility index (Phi) is 6.37. The van der Waals surface area contributed by atoms with Crippen molar-refractivity contribution < 1.29 is 67.8 Å². The van der Waals surface area contributed by atoms with Gasteiger partial charge in [-0.3, -0.25) is 4.90 Å². The zero-order valence-electron chi connectivity index (χ0n) is 29.4. The van der Waals surface area contributed by atoms with E-state index in [1.807, 2.05) is 0 Å². The maximum atomic E-state index is 15.4. The van der Waals surface area contributed by atoms with E-state index in [0.717, 1.165) is 32.0 Å². The molecule has 0 aliphatic carbocycles. The second kappa shape index (κ2) is 11.5. The van der Waals surface area contributed by atoms with E-state index in [1.54, 1.807) is 0 Å². The Morgan fingerprint density at radius 2 is 1.52 bits per heavy atom. The maximum Gasteiger partial charge on any atom is 0.416 e. The first-order valence-corrected chi connectivity index (χ1v) is 12.4. The van der Waals surface area contributed by atoms with Crippen molar-refractivity contribution in [2.24, 2.45) is 0 Å². The number of hydrogen-bond acceptors (Lipinski definition) is 3. The number of nitrogens with zero attached hydrogens (tertiary/aromatic N) is 1. The number of cyclic esters (lactones) is 1. The Morgan fingerprint density at radius 1 is 0.909 bits per heavy atom. The monoisotopic (exact) mass is 644 g/mol. The molecule has 0 radical (unpaired) electrons. The quantitative estimate of drug-likeness (QED) is 0.251. The van der Waals surface area contributed by atoms with Crippen LogP contribution in [-0.4, -0.2) is 24.1 Å². The molecule has 1 fully saturated rings. The smallest absolute Gasteiger partial charge is 0.416 e. The van der Waals surface area contributed by atoms with Crippen LogP contribution < -0.4 is 4.74 Å². The highest BCUT2D eigenvalue weighted by molar-refractivity contribution is 5.79. The first-order valence-electron chi connectivity index (χ1n) is 15.9. The average Bonchev–Trinajstić information content (AvgIpc) is 3.27. The summed E-state index contributed by atoms with van der Waals surface area (Å²) in [6.45, 7) is -2.37. The molecule has 1 aliphatic rings. The number of rotatable bonds is 6. The molecule has 44 heavy (non-hydrogen) atoms. The number of hydrogen-bond donors (Lipinski definition) is 0. The van der Waals surface area contributed by atoms with Crippen LogP contribution in [0.4, 0.5) is 48.7 Å². The van der Waals surface area contributed by atoms with Crippen molar-refractivity contribution in [1.29, 1.82) is 0 Å². The molecule has 3 aromatic rings. The Morgan fingerprint density at radius 3 is 2.05 bits per heavy atom. The summed E-state index contributed by atoms with van der Waals surface area (Å²) in [7, 11) is -3.24. The van der Waals surface area contributed by atoms with E-state index in [4.69, 9.17) is 19.1 Å². The maximum absolute atomic E-state index is 15.4. The van der Waals surface area contributed by atoms with Crippen LogP contribution in [0.25, 0.3) is 11.1 Å². The minimum Gasteiger partial charge on any atom is -0.496 e. The van der Waals surface area contributed by atoms with Gasteiger partial charge in [0, 0.05) is 16.6 Å². The van der Waals surface area contributed by atoms with E-state index in [2.05, 4.69) is 0 Å². The van der Waals surface area contributed by atoms with Crippen LogP contribution in [0.15, 0.2) is 48.5 Å². The largest absolute Gasteiger partial charge is 0.496 e. The van der Waals surface area contributed by atoms with Gasteiger partial charge >= 0.3 is 24.6 Å². The normalized spacial score (nSPS) is 21.0. The van der Waals surface area contributed by atoms with Crippen molar-refractivity contribution in [3.8, 4) is 16.9 Å². The second-order valence-corrected chi connectivity index (χ2v) is 9.98. The number of carbonyl (C=O) groups is 1. The van der Waals surface area contributed by atoms with E-state index in [9.17, 15) is 44.3 Å². The molecule has 3 aromatic carbocycles. The number of methoxy groups -OCH3 is 1. The summed E-state index contributed by atoms with van der Waals surface area (Å²) in [6.07, 6.45) is -19.9. The van der Waals surface area contributed by atoms with Gasteiger partial charge in [0.15, 0.2) is 0 Å². The van der Waals surface area contributed by atoms with E-state index in [0.29, 0.717) is 12.1 Å². The molecule has 4 nitrogen and oxygen atoms in total. The van der Waals surface area contributed by atoms with Gasteiger partial charge in [0.05, 0.1) is 40.4 Å². The fourth-order valence-corrected chi connectivity index (χ4v) is 4.80. The van der Waals surface area contributed by atoms with Crippen LogP contribution >= 0.6 is 0 Å². The van der Waals surface area contributed by atoms with E-state index in [1.165, 1.54) is 0 Å². The molecule has 0 unspecified atom stereocenters. The van der Waals surface area contributed by atoms with Crippen LogP contribution in [0.5, 0.6) is 5.75 Å². The molecule has 1 heterocycles. The van der Waals surface area contributed by atoms with Crippen molar-refractivity contribution >= 4 is 6.09 Å². The van der Waals surface area contributed by atoms with Gasteiger partial charge in [-0.1, -0.05) is 19.9 Å². The minimum absolute atomic E-state index is 0.138. The van der Waals surface area contributed by atoms with Crippen molar-refractivity contribution in [3.63, 3.8) is 0 Å². The Balaban J connectivity index is 1.99.